The van der Waals surface area contributed by atoms with Crippen molar-refractivity contribution in [3.63, 3.8) is 0 Å². The van der Waals surface area contributed by atoms with Crippen molar-refractivity contribution in [2.75, 3.05) is 19.6 Å². The third-order valence-electron chi connectivity index (χ3n) is 4.72. The van der Waals surface area contributed by atoms with Gasteiger partial charge in [-0.15, -0.1) is 0 Å². The minimum Gasteiger partial charge on any atom is -0.339 e. The predicted molar refractivity (Wildman–Crippen MR) is 93.4 cm³/mol. The van der Waals surface area contributed by atoms with Crippen LogP contribution in [0, 0.1) is 5.92 Å². The summed E-state index contributed by atoms with van der Waals surface area (Å²) in [6, 6.07) is 18.3. The number of piperidine rings is 1. The van der Waals surface area contributed by atoms with E-state index in [1.54, 1.807) is 0 Å². The Morgan fingerprint density at radius 2 is 1.65 bits per heavy atom. The van der Waals surface area contributed by atoms with Crippen LogP contribution >= 0.6 is 0 Å². The number of hydrogen-bond donors (Lipinski definition) is 1. The molecule has 0 saturated carbocycles. The molecule has 1 aliphatic rings. The van der Waals surface area contributed by atoms with Gasteiger partial charge in [-0.2, -0.15) is 0 Å². The van der Waals surface area contributed by atoms with E-state index in [-0.39, 0.29) is 5.91 Å². The van der Waals surface area contributed by atoms with Crippen LogP contribution in [0.1, 0.15) is 34.3 Å². The van der Waals surface area contributed by atoms with Gasteiger partial charge >= 0.3 is 0 Å². The molecule has 120 valence electrons. The van der Waals surface area contributed by atoms with Crippen molar-refractivity contribution < 1.29 is 4.79 Å². The van der Waals surface area contributed by atoms with Crippen LogP contribution in [0.15, 0.2) is 54.6 Å². The van der Waals surface area contributed by atoms with Gasteiger partial charge in [-0.25, -0.2) is 0 Å². The Morgan fingerprint density at radius 1 is 1.00 bits per heavy atom. The molecule has 2 N–H and O–H groups in total. The number of nitrogens with zero attached hydrogens (tertiary/aromatic N) is 1. The third-order valence-corrected chi connectivity index (χ3v) is 4.72. The van der Waals surface area contributed by atoms with Crippen LogP contribution in [0.2, 0.25) is 0 Å². The fraction of sp³-hybridized carbons (Fsp3) is 0.350. The summed E-state index contributed by atoms with van der Waals surface area (Å²) in [5.41, 5.74) is 8.91. The Morgan fingerprint density at radius 3 is 2.35 bits per heavy atom. The minimum atomic E-state index is 0.159. The quantitative estimate of drug-likeness (QED) is 0.943. The Bertz CT molecular complexity index is 646. The Hall–Kier alpha value is -2.13. The highest BCUT2D eigenvalue weighted by atomic mass is 16.2. The number of carbonyl (C=O) groups excluding carboxylic acids is 1. The highest BCUT2D eigenvalue weighted by Crippen LogP contribution is 2.21. The van der Waals surface area contributed by atoms with E-state index in [2.05, 4.69) is 18.2 Å². The lowest BCUT2D eigenvalue weighted by Crippen LogP contribution is -2.40. The molecule has 0 unspecified atom stereocenters. The predicted octanol–water partition coefficient (Wildman–Crippen LogP) is 3.09. The number of likely N-dealkylation sites (tertiary alicyclic amines) is 1. The maximum Gasteiger partial charge on any atom is 0.254 e. The van der Waals surface area contributed by atoms with E-state index in [0.717, 1.165) is 50.0 Å². The van der Waals surface area contributed by atoms with Gasteiger partial charge in [-0.3, -0.25) is 4.79 Å². The monoisotopic (exact) mass is 308 g/mol. The van der Waals surface area contributed by atoms with Gasteiger partial charge < -0.3 is 10.6 Å². The number of amides is 1. The topological polar surface area (TPSA) is 46.3 Å². The first-order valence-corrected chi connectivity index (χ1v) is 8.39. The molecule has 1 heterocycles. The maximum absolute atomic E-state index is 12.9. The smallest absolute Gasteiger partial charge is 0.254 e. The summed E-state index contributed by atoms with van der Waals surface area (Å²) >= 11 is 0. The molecule has 1 fully saturated rings. The molecule has 1 aliphatic heterocycles. The first kappa shape index (κ1) is 15.8. The van der Waals surface area contributed by atoms with Gasteiger partial charge in [0.2, 0.25) is 0 Å². The van der Waals surface area contributed by atoms with E-state index in [9.17, 15) is 4.79 Å². The molecule has 0 aromatic heterocycles. The first-order valence-electron chi connectivity index (χ1n) is 8.39. The second-order valence-electron chi connectivity index (χ2n) is 6.29. The normalized spacial score (nSPS) is 15.6. The Labute approximate surface area is 138 Å². The van der Waals surface area contributed by atoms with Crippen LogP contribution in [0.5, 0.6) is 0 Å². The van der Waals surface area contributed by atoms with Gasteiger partial charge in [-0.05, 0) is 48.9 Å². The number of benzene rings is 2. The fourth-order valence-electron chi connectivity index (χ4n) is 3.24. The number of hydrogen-bond acceptors (Lipinski definition) is 2. The average Bonchev–Trinajstić information content (AvgIpc) is 2.62. The molecule has 0 aliphatic carbocycles. The van der Waals surface area contributed by atoms with Crippen molar-refractivity contribution in [1.29, 1.82) is 0 Å². The molecule has 0 spiro atoms. The molecular weight excluding hydrogens is 284 g/mol. The molecule has 3 heteroatoms. The van der Waals surface area contributed by atoms with E-state index in [4.69, 9.17) is 5.73 Å². The zero-order valence-electron chi connectivity index (χ0n) is 13.4. The summed E-state index contributed by atoms with van der Waals surface area (Å²) in [5, 5.41) is 0. The highest BCUT2D eigenvalue weighted by molar-refractivity contribution is 5.95. The molecule has 3 nitrogen and oxygen atoms in total. The largest absolute Gasteiger partial charge is 0.339 e. The molecule has 2 aromatic rings. The van der Waals surface area contributed by atoms with Gasteiger partial charge in [0.15, 0.2) is 0 Å². The summed E-state index contributed by atoms with van der Waals surface area (Å²) in [5.74, 6) is 0.727. The number of carbonyl (C=O) groups is 1. The molecule has 1 amide bonds. The SMILES string of the molecule is NCC1CCN(C(=O)c2ccccc2Cc2ccccc2)CC1. The lowest BCUT2D eigenvalue weighted by Gasteiger charge is -2.32. The molecule has 23 heavy (non-hydrogen) atoms. The number of nitrogens with two attached hydrogens (primary N) is 1. The molecule has 0 radical (unpaired) electrons. The summed E-state index contributed by atoms with van der Waals surface area (Å²) in [6.07, 6.45) is 2.83. The van der Waals surface area contributed by atoms with Gasteiger partial charge in [0.1, 0.15) is 0 Å². The van der Waals surface area contributed by atoms with Crippen molar-refractivity contribution in [1.82, 2.24) is 4.90 Å². The van der Waals surface area contributed by atoms with Gasteiger partial charge in [0.25, 0.3) is 5.91 Å². The van der Waals surface area contributed by atoms with E-state index in [1.807, 2.05) is 41.3 Å². The lowest BCUT2D eigenvalue weighted by atomic mass is 9.95. The second-order valence-corrected chi connectivity index (χ2v) is 6.29. The molecule has 1 saturated heterocycles. The van der Waals surface area contributed by atoms with Gasteiger partial charge in [-0.1, -0.05) is 48.5 Å². The van der Waals surface area contributed by atoms with Crippen molar-refractivity contribution >= 4 is 5.91 Å². The van der Waals surface area contributed by atoms with Crippen LogP contribution < -0.4 is 5.73 Å². The lowest BCUT2D eigenvalue weighted by molar-refractivity contribution is 0.0692. The fourth-order valence-corrected chi connectivity index (χ4v) is 3.24. The maximum atomic E-state index is 12.9. The zero-order valence-corrected chi connectivity index (χ0v) is 13.4. The third kappa shape index (κ3) is 3.80. The van der Waals surface area contributed by atoms with E-state index >= 15 is 0 Å². The van der Waals surface area contributed by atoms with Crippen molar-refractivity contribution in [3.05, 3.63) is 71.3 Å². The molecule has 0 bridgehead atoms. The Balaban J connectivity index is 1.76. The van der Waals surface area contributed by atoms with Crippen molar-refractivity contribution in [2.24, 2.45) is 11.7 Å². The molecule has 2 aromatic carbocycles. The zero-order chi connectivity index (χ0) is 16.1. The van der Waals surface area contributed by atoms with Crippen LogP contribution in [0.25, 0.3) is 0 Å². The van der Waals surface area contributed by atoms with Crippen molar-refractivity contribution in [2.45, 2.75) is 19.3 Å². The Kier molecular flexibility index (Phi) is 5.09. The van der Waals surface area contributed by atoms with E-state index in [1.165, 1.54) is 5.56 Å². The first-order chi connectivity index (χ1) is 11.3. The molecular formula is C20H24N2O. The van der Waals surface area contributed by atoms with Crippen LogP contribution in [-0.4, -0.2) is 30.4 Å². The summed E-state index contributed by atoms with van der Waals surface area (Å²) in [7, 11) is 0. The van der Waals surface area contributed by atoms with Gasteiger partial charge in [0.05, 0.1) is 0 Å². The van der Waals surface area contributed by atoms with Crippen LogP contribution in [-0.2, 0) is 6.42 Å². The van der Waals surface area contributed by atoms with E-state index < -0.39 is 0 Å². The van der Waals surface area contributed by atoms with Crippen LogP contribution in [0.4, 0.5) is 0 Å². The summed E-state index contributed by atoms with van der Waals surface area (Å²) in [4.78, 5) is 14.9. The standard InChI is InChI=1S/C20H24N2O/c21-15-17-10-12-22(13-11-17)20(23)19-9-5-4-8-18(19)14-16-6-2-1-3-7-16/h1-9,17H,10-15,21H2. The summed E-state index contributed by atoms with van der Waals surface area (Å²) in [6.45, 7) is 2.37. The van der Waals surface area contributed by atoms with E-state index in [0.29, 0.717) is 5.92 Å². The number of rotatable bonds is 4. The summed E-state index contributed by atoms with van der Waals surface area (Å²) < 4.78 is 0. The average molecular weight is 308 g/mol. The molecule has 3 rings (SSSR count). The minimum absolute atomic E-state index is 0.159. The van der Waals surface area contributed by atoms with Gasteiger partial charge in [0, 0.05) is 18.7 Å². The van der Waals surface area contributed by atoms with Crippen LogP contribution in [0.3, 0.4) is 0 Å². The second kappa shape index (κ2) is 7.42. The highest BCUT2D eigenvalue weighted by Gasteiger charge is 2.24. The van der Waals surface area contributed by atoms with Crippen molar-refractivity contribution in [3.8, 4) is 0 Å². The molecule has 0 atom stereocenters.